The van der Waals surface area contributed by atoms with Crippen LogP contribution in [0.2, 0.25) is 0 Å². The molecule has 0 saturated heterocycles. The van der Waals surface area contributed by atoms with Crippen LogP contribution in [-0.2, 0) is 6.54 Å². The average Bonchev–Trinajstić information content (AvgIpc) is 2.17. The summed E-state index contributed by atoms with van der Waals surface area (Å²) in [5.74, 6) is 0. The molecular weight excluding hydrogens is 164 g/mol. The van der Waals surface area contributed by atoms with Crippen LogP contribution in [0.3, 0.4) is 0 Å². The Balaban J connectivity index is 2.27. The molecule has 13 heavy (non-hydrogen) atoms. The molecule has 0 bridgehead atoms. The van der Waals surface area contributed by atoms with Crippen LogP contribution in [0.15, 0.2) is 24.4 Å². The molecule has 1 unspecified atom stereocenters. The van der Waals surface area contributed by atoms with E-state index in [1.165, 1.54) is 0 Å². The van der Waals surface area contributed by atoms with Gasteiger partial charge in [-0.15, -0.1) is 0 Å². The topological polar surface area (TPSA) is 45.1 Å². The SMILES string of the molecule is CC(CCO)NCc1ccccn1. The van der Waals surface area contributed by atoms with E-state index in [0.29, 0.717) is 6.04 Å². The maximum atomic E-state index is 8.68. The first-order valence-corrected chi connectivity index (χ1v) is 4.57. The molecule has 3 heteroatoms. The van der Waals surface area contributed by atoms with Crippen LogP contribution in [-0.4, -0.2) is 22.7 Å². The highest BCUT2D eigenvalue weighted by atomic mass is 16.3. The largest absolute Gasteiger partial charge is 0.396 e. The van der Waals surface area contributed by atoms with Crippen molar-refractivity contribution in [3.05, 3.63) is 30.1 Å². The minimum atomic E-state index is 0.233. The van der Waals surface area contributed by atoms with Crippen molar-refractivity contribution in [1.29, 1.82) is 0 Å². The normalized spacial score (nSPS) is 12.8. The summed E-state index contributed by atoms with van der Waals surface area (Å²) in [5, 5.41) is 12.0. The number of pyridine rings is 1. The first kappa shape index (κ1) is 10.2. The first-order valence-electron chi connectivity index (χ1n) is 4.57. The molecule has 1 aromatic rings. The van der Waals surface area contributed by atoms with E-state index in [0.717, 1.165) is 18.7 Å². The molecule has 1 rings (SSSR count). The third kappa shape index (κ3) is 4.01. The number of aliphatic hydroxyl groups is 1. The molecule has 3 nitrogen and oxygen atoms in total. The van der Waals surface area contributed by atoms with Gasteiger partial charge in [0.1, 0.15) is 0 Å². The van der Waals surface area contributed by atoms with Gasteiger partial charge in [0.05, 0.1) is 5.69 Å². The van der Waals surface area contributed by atoms with E-state index in [1.807, 2.05) is 18.2 Å². The summed E-state index contributed by atoms with van der Waals surface area (Å²) in [7, 11) is 0. The zero-order valence-corrected chi connectivity index (χ0v) is 7.90. The molecule has 0 aliphatic heterocycles. The number of aliphatic hydroxyl groups excluding tert-OH is 1. The molecule has 0 saturated carbocycles. The first-order chi connectivity index (χ1) is 6.33. The van der Waals surface area contributed by atoms with Gasteiger partial charge in [0.2, 0.25) is 0 Å². The maximum absolute atomic E-state index is 8.68. The number of hydrogen-bond acceptors (Lipinski definition) is 3. The second-order valence-electron chi connectivity index (χ2n) is 3.12. The fourth-order valence-electron chi connectivity index (χ4n) is 1.08. The van der Waals surface area contributed by atoms with Gasteiger partial charge in [-0.25, -0.2) is 0 Å². The summed E-state index contributed by atoms with van der Waals surface area (Å²) in [5.41, 5.74) is 1.03. The summed E-state index contributed by atoms with van der Waals surface area (Å²) >= 11 is 0. The molecule has 0 spiro atoms. The Kier molecular flexibility index (Phi) is 4.43. The van der Waals surface area contributed by atoms with E-state index in [1.54, 1.807) is 6.20 Å². The Hall–Kier alpha value is -0.930. The van der Waals surface area contributed by atoms with Crippen molar-refractivity contribution in [3.63, 3.8) is 0 Å². The second-order valence-corrected chi connectivity index (χ2v) is 3.12. The highest BCUT2D eigenvalue weighted by Crippen LogP contribution is 1.95. The van der Waals surface area contributed by atoms with Crippen LogP contribution >= 0.6 is 0 Å². The molecule has 72 valence electrons. The smallest absolute Gasteiger partial charge is 0.0541 e. The lowest BCUT2D eigenvalue weighted by molar-refractivity contribution is 0.268. The molecular formula is C10H16N2O. The Morgan fingerprint density at radius 1 is 1.54 bits per heavy atom. The van der Waals surface area contributed by atoms with Crippen LogP contribution in [0.1, 0.15) is 19.0 Å². The lowest BCUT2D eigenvalue weighted by atomic mass is 10.2. The fourth-order valence-corrected chi connectivity index (χ4v) is 1.08. The Morgan fingerprint density at radius 2 is 2.38 bits per heavy atom. The number of rotatable bonds is 5. The molecule has 1 atom stereocenters. The lowest BCUT2D eigenvalue weighted by Crippen LogP contribution is -2.26. The van der Waals surface area contributed by atoms with Gasteiger partial charge < -0.3 is 10.4 Å². The van der Waals surface area contributed by atoms with Gasteiger partial charge in [-0.2, -0.15) is 0 Å². The highest BCUT2D eigenvalue weighted by molar-refractivity contribution is 5.02. The van der Waals surface area contributed by atoms with Crippen LogP contribution in [0.25, 0.3) is 0 Å². The van der Waals surface area contributed by atoms with Crippen molar-refractivity contribution in [1.82, 2.24) is 10.3 Å². The minimum Gasteiger partial charge on any atom is -0.396 e. The monoisotopic (exact) mass is 180 g/mol. The van der Waals surface area contributed by atoms with Gasteiger partial charge in [-0.05, 0) is 25.5 Å². The Bertz CT molecular complexity index is 226. The minimum absolute atomic E-state index is 0.233. The maximum Gasteiger partial charge on any atom is 0.0541 e. The zero-order chi connectivity index (χ0) is 9.52. The molecule has 2 N–H and O–H groups in total. The van der Waals surface area contributed by atoms with Crippen molar-refractivity contribution in [2.24, 2.45) is 0 Å². The van der Waals surface area contributed by atoms with Crippen molar-refractivity contribution in [3.8, 4) is 0 Å². The van der Waals surface area contributed by atoms with E-state index in [2.05, 4.69) is 17.2 Å². The standard InChI is InChI=1S/C10H16N2O/c1-9(5-7-13)12-8-10-4-2-3-6-11-10/h2-4,6,9,12-13H,5,7-8H2,1H3. The lowest BCUT2D eigenvalue weighted by Gasteiger charge is -2.11. The van der Waals surface area contributed by atoms with Crippen LogP contribution in [0.4, 0.5) is 0 Å². The van der Waals surface area contributed by atoms with E-state index >= 15 is 0 Å². The Morgan fingerprint density at radius 3 is 3.00 bits per heavy atom. The number of nitrogens with one attached hydrogen (secondary N) is 1. The van der Waals surface area contributed by atoms with E-state index < -0.39 is 0 Å². The van der Waals surface area contributed by atoms with Gasteiger partial charge in [-0.1, -0.05) is 6.07 Å². The number of aromatic nitrogens is 1. The molecule has 1 heterocycles. The van der Waals surface area contributed by atoms with Crippen LogP contribution in [0.5, 0.6) is 0 Å². The molecule has 0 amide bonds. The van der Waals surface area contributed by atoms with Gasteiger partial charge in [0.15, 0.2) is 0 Å². The summed E-state index contributed by atoms with van der Waals surface area (Å²) in [6, 6.07) is 6.20. The fraction of sp³-hybridized carbons (Fsp3) is 0.500. The van der Waals surface area contributed by atoms with Crippen molar-refractivity contribution < 1.29 is 5.11 Å². The van der Waals surface area contributed by atoms with Gasteiger partial charge >= 0.3 is 0 Å². The average molecular weight is 180 g/mol. The quantitative estimate of drug-likeness (QED) is 0.709. The molecule has 0 fully saturated rings. The second kappa shape index (κ2) is 5.67. The molecule has 0 radical (unpaired) electrons. The Labute approximate surface area is 78.8 Å². The molecule has 1 aromatic heterocycles. The summed E-state index contributed by atoms with van der Waals surface area (Å²) in [6.45, 7) is 3.05. The number of hydrogen-bond donors (Lipinski definition) is 2. The third-order valence-corrected chi connectivity index (χ3v) is 1.92. The molecule has 0 aromatic carbocycles. The summed E-state index contributed by atoms with van der Waals surface area (Å²) in [6.07, 6.45) is 2.57. The zero-order valence-electron chi connectivity index (χ0n) is 7.90. The number of nitrogens with zero attached hydrogens (tertiary/aromatic N) is 1. The highest BCUT2D eigenvalue weighted by Gasteiger charge is 1.99. The van der Waals surface area contributed by atoms with Gasteiger partial charge in [0.25, 0.3) is 0 Å². The van der Waals surface area contributed by atoms with E-state index in [9.17, 15) is 0 Å². The summed E-state index contributed by atoms with van der Waals surface area (Å²) < 4.78 is 0. The van der Waals surface area contributed by atoms with E-state index in [-0.39, 0.29) is 6.61 Å². The molecule has 0 aliphatic rings. The predicted octanol–water partition coefficient (Wildman–Crippen LogP) is 0.942. The summed E-state index contributed by atoms with van der Waals surface area (Å²) in [4.78, 5) is 4.19. The van der Waals surface area contributed by atoms with Crippen LogP contribution < -0.4 is 5.32 Å². The van der Waals surface area contributed by atoms with Crippen LogP contribution in [0, 0.1) is 0 Å². The van der Waals surface area contributed by atoms with Gasteiger partial charge in [-0.3, -0.25) is 4.98 Å². The van der Waals surface area contributed by atoms with Gasteiger partial charge in [0, 0.05) is 25.4 Å². The van der Waals surface area contributed by atoms with E-state index in [4.69, 9.17) is 5.11 Å². The molecule has 0 aliphatic carbocycles. The van der Waals surface area contributed by atoms with Crippen molar-refractivity contribution in [2.75, 3.05) is 6.61 Å². The predicted molar refractivity (Wildman–Crippen MR) is 52.2 cm³/mol. The van der Waals surface area contributed by atoms with Crippen molar-refractivity contribution >= 4 is 0 Å². The van der Waals surface area contributed by atoms with Crippen molar-refractivity contribution in [2.45, 2.75) is 25.9 Å². The third-order valence-electron chi connectivity index (χ3n) is 1.92.